The second kappa shape index (κ2) is 5.90. The van der Waals surface area contributed by atoms with E-state index in [1.54, 1.807) is 11.3 Å². The van der Waals surface area contributed by atoms with Crippen molar-refractivity contribution in [3.8, 4) is 0 Å². The molecule has 1 N–H and O–H groups in total. The third-order valence-corrected chi connectivity index (χ3v) is 5.57. The SMILES string of the molecule is CCC(C)C1CN(Cc2nccs2)C(C2CC2)CN1. The van der Waals surface area contributed by atoms with Gasteiger partial charge in [-0.1, -0.05) is 20.3 Å². The van der Waals surface area contributed by atoms with Gasteiger partial charge in [-0.05, 0) is 24.7 Å². The second-order valence-electron chi connectivity index (χ2n) is 6.16. The second-order valence-corrected chi connectivity index (χ2v) is 7.14. The Morgan fingerprint density at radius 1 is 1.53 bits per heavy atom. The van der Waals surface area contributed by atoms with Gasteiger partial charge in [0.1, 0.15) is 5.01 Å². The van der Waals surface area contributed by atoms with Gasteiger partial charge in [0.2, 0.25) is 0 Å². The number of hydrogen-bond donors (Lipinski definition) is 1. The molecule has 0 aromatic carbocycles. The van der Waals surface area contributed by atoms with Crippen LogP contribution >= 0.6 is 11.3 Å². The average molecular weight is 279 g/mol. The molecule has 106 valence electrons. The predicted octanol–water partition coefficient (Wildman–Crippen LogP) is 2.74. The van der Waals surface area contributed by atoms with Crippen molar-refractivity contribution in [3.05, 3.63) is 16.6 Å². The number of thiazole rings is 1. The summed E-state index contributed by atoms with van der Waals surface area (Å²) in [6, 6.07) is 1.39. The molecule has 0 radical (unpaired) electrons. The van der Waals surface area contributed by atoms with Crippen LogP contribution < -0.4 is 5.32 Å². The van der Waals surface area contributed by atoms with Gasteiger partial charge in [-0.15, -0.1) is 11.3 Å². The molecule has 3 nitrogen and oxygen atoms in total. The van der Waals surface area contributed by atoms with Crippen molar-refractivity contribution in [2.45, 2.75) is 51.7 Å². The molecular formula is C15H25N3S. The first-order valence-corrected chi connectivity index (χ1v) is 8.51. The number of rotatable bonds is 5. The molecule has 0 amide bonds. The van der Waals surface area contributed by atoms with E-state index in [1.165, 1.54) is 37.4 Å². The van der Waals surface area contributed by atoms with Crippen LogP contribution in [0.2, 0.25) is 0 Å². The monoisotopic (exact) mass is 279 g/mol. The third-order valence-electron chi connectivity index (χ3n) is 4.81. The van der Waals surface area contributed by atoms with Crippen LogP contribution in [0.5, 0.6) is 0 Å². The molecule has 2 fully saturated rings. The Kier molecular flexibility index (Phi) is 4.20. The van der Waals surface area contributed by atoms with E-state index < -0.39 is 0 Å². The van der Waals surface area contributed by atoms with Gasteiger partial charge in [-0.2, -0.15) is 0 Å². The Hall–Kier alpha value is -0.450. The van der Waals surface area contributed by atoms with Gasteiger partial charge in [0.05, 0.1) is 6.54 Å². The van der Waals surface area contributed by atoms with Crippen LogP contribution in [0.3, 0.4) is 0 Å². The molecule has 3 rings (SSSR count). The van der Waals surface area contributed by atoms with E-state index in [9.17, 15) is 0 Å². The molecule has 1 aromatic heterocycles. The molecule has 3 atom stereocenters. The molecular weight excluding hydrogens is 254 g/mol. The van der Waals surface area contributed by atoms with Gasteiger partial charge in [0.15, 0.2) is 0 Å². The lowest BCUT2D eigenvalue weighted by molar-refractivity contribution is 0.0890. The summed E-state index contributed by atoms with van der Waals surface area (Å²) < 4.78 is 0. The third kappa shape index (κ3) is 3.18. The number of nitrogens with zero attached hydrogens (tertiary/aromatic N) is 2. The molecule has 0 bridgehead atoms. The fourth-order valence-corrected chi connectivity index (χ4v) is 3.79. The minimum atomic E-state index is 0.653. The van der Waals surface area contributed by atoms with Crippen molar-refractivity contribution in [1.29, 1.82) is 0 Å². The van der Waals surface area contributed by atoms with E-state index in [2.05, 4.69) is 34.4 Å². The van der Waals surface area contributed by atoms with Crippen LogP contribution in [-0.4, -0.2) is 35.1 Å². The lowest BCUT2D eigenvalue weighted by Crippen LogP contribution is -2.58. The normalized spacial score (nSPS) is 30.4. The summed E-state index contributed by atoms with van der Waals surface area (Å²) in [5.41, 5.74) is 0. The number of aromatic nitrogens is 1. The Labute approximate surface area is 120 Å². The quantitative estimate of drug-likeness (QED) is 0.898. The lowest BCUT2D eigenvalue weighted by Gasteiger charge is -2.42. The Morgan fingerprint density at radius 2 is 2.37 bits per heavy atom. The molecule has 1 saturated carbocycles. The van der Waals surface area contributed by atoms with Crippen LogP contribution in [0.25, 0.3) is 0 Å². The first-order valence-electron chi connectivity index (χ1n) is 7.63. The fourth-order valence-electron chi connectivity index (χ4n) is 3.15. The van der Waals surface area contributed by atoms with Crippen LogP contribution in [0.15, 0.2) is 11.6 Å². The van der Waals surface area contributed by atoms with Gasteiger partial charge in [0, 0.05) is 36.8 Å². The molecule has 2 heterocycles. The van der Waals surface area contributed by atoms with Gasteiger partial charge < -0.3 is 5.32 Å². The summed E-state index contributed by atoms with van der Waals surface area (Å²) in [5, 5.41) is 7.16. The van der Waals surface area contributed by atoms with Gasteiger partial charge in [-0.3, -0.25) is 4.90 Å². The minimum Gasteiger partial charge on any atom is -0.311 e. The van der Waals surface area contributed by atoms with E-state index in [1.807, 2.05) is 6.20 Å². The summed E-state index contributed by atoms with van der Waals surface area (Å²) in [6.07, 6.45) is 6.04. The highest BCUT2D eigenvalue weighted by Gasteiger charge is 2.39. The summed E-state index contributed by atoms with van der Waals surface area (Å²) in [7, 11) is 0. The van der Waals surface area contributed by atoms with Crippen LogP contribution in [0.4, 0.5) is 0 Å². The molecule has 1 aliphatic heterocycles. The molecule has 3 unspecified atom stereocenters. The highest BCUT2D eigenvalue weighted by Crippen LogP contribution is 2.37. The Balaban J connectivity index is 1.67. The maximum Gasteiger partial charge on any atom is 0.107 e. The summed E-state index contributed by atoms with van der Waals surface area (Å²) in [4.78, 5) is 7.17. The highest BCUT2D eigenvalue weighted by molar-refractivity contribution is 7.09. The van der Waals surface area contributed by atoms with Crippen LogP contribution in [0, 0.1) is 11.8 Å². The van der Waals surface area contributed by atoms with Crippen LogP contribution in [0.1, 0.15) is 38.1 Å². The molecule has 4 heteroatoms. The smallest absolute Gasteiger partial charge is 0.107 e. The molecule has 19 heavy (non-hydrogen) atoms. The van der Waals surface area contributed by atoms with E-state index in [4.69, 9.17) is 0 Å². The van der Waals surface area contributed by atoms with Crippen molar-refractivity contribution in [3.63, 3.8) is 0 Å². The van der Waals surface area contributed by atoms with Crippen molar-refractivity contribution in [2.24, 2.45) is 11.8 Å². The van der Waals surface area contributed by atoms with E-state index >= 15 is 0 Å². The van der Waals surface area contributed by atoms with E-state index in [-0.39, 0.29) is 0 Å². The van der Waals surface area contributed by atoms with Gasteiger partial charge >= 0.3 is 0 Å². The maximum atomic E-state index is 4.47. The zero-order valence-corrected chi connectivity index (χ0v) is 12.8. The molecule has 2 aliphatic rings. The first kappa shape index (κ1) is 13.5. The first-order chi connectivity index (χ1) is 9.28. The van der Waals surface area contributed by atoms with Gasteiger partial charge in [-0.25, -0.2) is 4.98 Å². The number of nitrogens with one attached hydrogen (secondary N) is 1. The summed E-state index contributed by atoms with van der Waals surface area (Å²) in [6.45, 7) is 8.08. The van der Waals surface area contributed by atoms with Crippen molar-refractivity contribution in [2.75, 3.05) is 13.1 Å². The zero-order valence-electron chi connectivity index (χ0n) is 12.0. The van der Waals surface area contributed by atoms with E-state index in [0.717, 1.165) is 24.4 Å². The van der Waals surface area contributed by atoms with Crippen LogP contribution in [-0.2, 0) is 6.54 Å². The highest BCUT2D eigenvalue weighted by atomic mass is 32.1. The average Bonchev–Trinajstić information content (AvgIpc) is 3.15. The standard InChI is InChI=1S/C15H25N3S/c1-3-11(2)13-9-18(10-15-16-6-7-19-15)14(8-17-13)12-4-5-12/h6-7,11-14,17H,3-5,8-10H2,1-2H3. The summed E-state index contributed by atoms with van der Waals surface area (Å²) >= 11 is 1.79. The topological polar surface area (TPSA) is 28.2 Å². The minimum absolute atomic E-state index is 0.653. The maximum absolute atomic E-state index is 4.47. The summed E-state index contributed by atoms with van der Waals surface area (Å²) in [5.74, 6) is 1.70. The number of piperazine rings is 1. The Bertz CT molecular complexity index is 388. The molecule has 0 spiro atoms. The lowest BCUT2D eigenvalue weighted by atomic mass is 9.94. The van der Waals surface area contributed by atoms with E-state index in [0.29, 0.717) is 6.04 Å². The largest absolute Gasteiger partial charge is 0.311 e. The van der Waals surface area contributed by atoms with Crippen molar-refractivity contribution < 1.29 is 0 Å². The predicted molar refractivity (Wildman–Crippen MR) is 80.3 cm³/mol. The fraction of sp³-hybridized carbons (Fsp3) is 0.800. The molecule has 1 aliphatic carbocycles. The Morgan fingerprint density at radius 3 is 3.00 bits per heavy atom. The van der Waals surface area contributed by atoms with Gasteiger partial charge in [0.25, 0.3) is 0 Å². The molecule has 1 aromatic rings. The number of hydrogen-bond acceptors (Lipinski definition) is 4. The molecule has 1 saturated heterocycles. The van der Waals surface area contributed by atoms with Crippen molar-refractivity contribution >= 4 is 11.3 Å². The van der Waals surface area contributed by atoms with Crippen molar-refractivity contribution in [1.82, 2.24) is 15.2 Å². The zero-order chi connectivity index (χ0) is 13.2.